The number of furan rings is 2. The third-order valence-corrected chi connectivity index (χ3v) is 5.46. The van der Waals surface area contributed by atoms with E-state index in [2.05, 4.69) is 18.0 Å². The lowest BCUT2D eigenvalue weighted by molar-refractivity contribution is -0.130. The zero-order valence-electron chi connectivity index (χ0n) is 16.0. The van der Waals surface area contributed by atoms with Crippen LogP contribution in [0.3, 0.4) is 0 Å². The topological polar surface area (TPSA) is 64.4 Å². The molecule has 0 fully saturated rings. The quantitative estimate of drug-likeness (QED) is 0.397. The summed E-state index contributed by atoms with van der Waals surface area (Å²) in [7, 11) is 0. The number of imidazole rings is 1. The normalized spacial score (nSPS) is 10.9. The zero-order chi connectivity index (χ0) is 20.1. The second kappa shape index (κ2) is 8.87. The number of hydrogen-bond acceptors (Lipinski definition) is 5. The highest BCUT2D eigenvalue weighted by molar-refractivity contribution is 7.99. The Bertz CT molecular complexity index is 1020. The largest absolute Gasteiger partial charge is 0.467 e. The number of thioether (sulfide) groups is 1. The third kappa shape index (κ3) is 4.63. The minimum absolute atomic E-state index is 0.0119. The molecular formula is C22H21N3O3S. The molecule has 29 heavy (non-hydrogen) atoms. The summed E-state index contributed by atoms with van der Waals surface area (Å²) in [5.41, 5.74) is 2.21. The molecule has 0 spiro atoms. The van der Waals surface area contributed by atoms with E-state index in [-0.39, 0.29) is 11.7 Å². The molecule has 1 amide bonds. The number of rotatable bonds is 8. The maximum Gasteiger partial charge on any atom is 0.233 e. The molecule has 0 bridgehead atoms. The van der Waals surface area contributed by atoms with Crippen molar-refractivity contribution < 1.29 is 13.6 Å². The highest BCUT2D eigenvalue weighted by Crippen LogP contribution is 2.23. The van der Waals surface area contributed by atoms with Gasteiger partial charge in [-0.3, -0.25) is 9.36 Å². The lowest BCUT2D eigenvalue weighted by Gasteiger charge is -2.20. The molecule has 0 unspecified atom stereocenters. The smallest absolute Gasteiger partial charge is 0.233 e. The van der Waals surface area contributed by atoms with Gasteiger partial charge in [-0.25, -0.2) is 4.98 Å². The fraction of sp³-hybridized carbons (Fsp3) is 0.182. The van der Waals surface area contributed by atoms with Gasteiger partial charge in [-0.05, 0) is 42.8 Å². The van der Waals surface area contributed by atoms with Gasteiger partial charge in [0, 0.05) is 12.4 Å². The Morgan fingerprint density at radius 1 is 1.03 bits per heavy atom. The molecule has 3 aromatic heterocycles. The second-order valence-electron chi connectivity index (χ2n) is 6.56. The van der Waals surface area contributed by atoms with Gasteiger partial charge in [0.2, 0.25) is 5.91 Å². The molecule has 4 aromatic rings. The lowest BCUT2D eigenvalue weighted by Crippen LogP contribution is -2.31. The van der Waals surface area contributed by atoms with Crippen molar-refractivity contribution in [2.45, 2.75) is 25.2 Å². The van der Waals surface area contributed by atoms with Crippen molar-refractivity contribution in [3.63, 3.8) is 0 Å². The van der Waals surface area contributed by atoms with Crippen molar-refractivity contribution in [1.29, 1.82) is 0 Å². The molecule has 0 aliphatic rings. The maximum absolute atomic E-state index is 13.0. The number of aromatic nitrogens is 2. The van der Waals surface area contributed by atoms with Crippen LogP contribution in [0.15, 0.2) is 87.4 Å². The van der Waals surface area contributed by atoms with Crippen LogP contribution in [0, 0.1) is 6.92 Å². The molecule has 0 aliphatic carbocycles. The van der Waals surface area contributed by atoms with E-state index in [9.17, 15) is 4.79 Å². The highest BCUT2D eigenvalue weighted by atomic mass is 32.2. The van der Waals surface area contributed by atoms with Gasteiger partial charge in [-0.1, -0.05) is 30.0 Å². The predicted molar refractivity (Wildman–Crippen MR) is 111 cm³/mol. The molecule has 4 rings (SSSR count). The number of para-hydroxylation sites is 1. The van der Waals surface area contributed by atoms with Gasteiger partial charge in [-0.15, -0.1) is 0 Å². The minimum Gasteiger partial charge on any atom is -0.467 e. The molecule has 0 aliphatic heterocycles. The van der Waals surface area contributed by atoms with Crippen LogP contribution in [-0.4, -0.2) is 26.1 Å². The van der Waals surface area contributed by atoms with Crippen LogP contribution in [0.1, 0.15) is 17.1 Å². The number of hydrogen-bond donors (Lipinski definition) is 0. The lowest BCUT2D eigenvalue weighted by atomic mass is 10.2. The van der Waals surface area contributed by atoms with Gasteiger partial charge in [0.05, 0.1) is 37.1 Å². The maximum atomic E-state index is 13.0. The van der Waals surface area contributed by atoms with Crippen LogP contribution in [0.25, 0.3) is 5.69 Å². The minimum atomic E-state index is -0.0119. The molecule has 6 nitrogen and oxygen atoms in total. The average Bonchev–Trinajstić information content (AvgIpc) is 3.49. The summed E-state index contributed by atoms with van der Waals surface area (Å²) in [6.07, 6.45) is 6.89. The van der Waals surface area contributed by atoms with Crippen LogP contribution in [0.5, 0.6) is 0 Å². The van der Waals surface area contributed by atoms with Gasteiger partial charge < -0.3 is 13.7 Å². The molecule has 148 valence electrons. The summed E-state index contributed by atoms with van der Waals surface area (Å²) in [5, 5.41) is 0.781. The monoisotopic (exact) mass is 407 g/mol. The number of benzene rings is 1. The van der Waals surface area contributed by atoms with Crippen LogP contribution < -0.4 is 0 Å². The van der Waals surface area contributed by atoms with Crippen LogP contribution in [0.4, 0.5) is 0 Å². The summed E-state index contributed by atoms with van der Waals surface area (Å²) in [6, 6.07) is 15.5. The predicted octanol–water partition coefficient (Wildman–Crippen LogP) is 4.69. The van der Waals surface area contributed by atoms with Crippen LogP contribution in [0.2, 0.25) is 0 Å². The van der Waals surface area contributed by atoms with Crippen LogP contribution in [-0.2, 0) is 17.9 Å². The highest BCUT2D eigenvalue weighted by Gasteiger charge is 2.19. The van der Waals surface area contributed by atoms with Crippen molar-refractivity contribution in [2.24, 2.45) is 0 Å². The summed E-state index contributed by atoms with van der Waals surface area (Å²) in [4.78, 5) is 19.2. The van der Waals surface area contributed by atoms with Crippen molar-refractivity contribution >= 4 is 17.7 Å². The van der Waals surface area contributed by atoms with E-state index in [0.29, 0.717) is 13.1 Å². The first-order valence-corrected chi connectivity index (χ1v) is 10.2. The van der Waals surface area contributed by atoms with E-state index < -0.39 is 0 Å². The number of carbonyl (C=O) groups excluding carboxylic acids is 1. The van der Waals surface area contributed by atoms with E-state index in [1.165, 1.54) is 11.8 Å². The molecule has 0 atom stereocenters. The first-order valence-electron chi connectivity index (χ1n) is 9.25. The first-order chi connectivity index (χ1) is 14.2. The van der Waals surface area contributed by atoms with E-state index in [1.807, 2.05) is 53.2 Å². The van der Waals surface area contributed by atoms with Gasteiger partial charge in [-0.2, -0.15) is 0 Å². The van der Waals surface area contributed by atoms with Gasteiger partial charge in [0.1, 0.15) is 11.5 Å². The zero-order valence-corrected chi connectivity index (χ0v) is 16.8. The van der Waals surface area contributed by atoms with Gasteiger partial charge in [0.15, 0.2) is 5.16 Å². The number of amides is 1. The molecule has 7 heteroatoms. The Labute approximate surface area is 173 Å². The standard InChI is InChI=1S/C22H21N3O3S/c1-17-6-2-3-9-20(17)25-11-10-23-22(25)29-16-21(26)24(14-18-7-4-12-27-18)15-19-8-5-13-28-19/h2-13H,14-16H2,1H3. The summed E-state index contributed by atoms with van der Waals surface area (Å²) in [6.45, 7) is 2.84. The van der Waals surface area contributed by atoms with Crippen molar-refractivity contribution in [2.75, 3.05) is 5.75 Å². The Morgan fingerprint density at radius 2 is 1.72 bits per heavy atom. The molecule has 3 heterocycles. The third-order valence-electron chi connectivity index (χ3n) is 4.51. The fourth-order valence-corrected chi connectivity index (χ4v) is 3.91. The van der Waals surface area contributed by atoms with E-state index in [1.54, 1.807) is 23.6 Å². The molecule has 0 saturated heterocycles. The molecule has 0 saturated carbocycles. The Kier molecular flexibility index (Phi) is 5.86. The SMILES string of the molecule is Cc1ccccc1-n1ccnc1SCC(=O)N(Cc1ccco1)Cc1ccco1. The molecular weight excluding hydrogens is 386 g/mol. The number of nitrogens with zero attached hydrogens (tertiary/aromatic N) is 3. The molecule has 1 aromatic carbocycles. The van der Waals surface area contributed by atoms with Crippen molar-refractivity contribution in [1.82, 2.24) is 14.5 Å². The van der Waals surface area contributed by atoms with Crippen molar-refractivity contribution in [3.8, 4) is 5.69 Å². The fourth-order valence-electron chi connectivity index (χ4n) is 3.04. The number of aryl methyl sites for hydroxylation is 1. The Balaban J connectivity index is 1.47. The van der Waals surface area contributed by atoms with Crippen molar-refractivity contribution in [3.05, 3.63) is 90.5 Å². The summed E-state index contributed by atoms with van der Waals surface area (Å²) >= 11 is 1.42. The summed E-state index contributed by atoms with van der Waals surface area (Å²) < 4.78 is 12.9. The Hall–Kier alpha value is -3.19. The summed E-state index contributed by atoms with van der Waals surface area (Å²) in [5.74, 6) is 1.72. The second-order valence-corrected chi connectivity index (χ2v) is 7.51. The Morgan fingerprint density at radius 3 is 2.34 bits per heavy atom. The average molecular weight is 407 g/mol. The number of carbonyl (C=O) groups is 1. The van der Waals surface area contributed by atoms with E-state index in [0.717, 1.165) is 27.9 Å². The van der Waals surface area contributed by atoms with E-state index >= 15 is 0 Å². The van der Waals surface area contributed by atoms with E-state index in [4.69, 9.17) is 8.83 Å². The van der Waals surface area contributed by atoms with Gasteiger partial charge in [0.25, 0.3) is 0 Å². The van der Waals surface area contributed by atoms with Gasteiger partial charge >= 0.3 is 0 Å². The van der Waals surface area contributed by atoms with Crippen LogP contribution >= 0.6 is 11.8 Å². The molecule has 0 N–H and O–H groups in total. The first kappa shape index (κ1) is 19.1. The molecule has 0 radical (unpaired) electrons.